The van der Waals surface area contributed by atoms with E-state index >= 15 is 0 Å². The molecule has 0 spiro atoms. The van der Waals surface area contributed by atoms with Gasteiger partial charge in [-0.25, -0.2) is 0 Å². The van der Waals surface area contributed by atoms with Gasteiger partial charge in [0, 0.05) is 26.2 Å². The van der Waals surface area contributed by atoms with Gasteiger partial charge >= 0.3 is 0 Å². The molecular weight excluding hydrogens is 212 g/mol. The number of methoxy groups -OCH3 is 1. The first kappa shape index (κ1) is 16.6. The van der Waals surface area contributed by atoms with Crippen LogP contribution in [-0.4, -0.2) is 50.8 Å². The van der Waals surface area contributed by atoms with E-state index in [2.05, 4.69) is 37.6 Å². The normalized spacial score (nSPS) is 13.3. The van der Waals surface area contributed by atoms with E-state index in [0.29, 0.717) is 12.0 Å². The summed E-state index contributed by atoms with van der Waals surface area (Å²) in [5.74, 6) is 0.692. The van der Waals surface area contributed by atoms with E-state index < -0.39 is 0 Å². The van der Waals surface area contributed by atoms with E-state index in [-0.39, 0.29) is 0 Å². The molecular formula is C14H30N2O. The van der Waals surface area contributed by atoms with Crippen LogP contribution in [0.25, 0.3) is 0 Å². The zero-order valence-corrected chi connectivity index (χ0v) is 12.0. The number of nitrogens with one attached hydrogen (secondary N) is 1. The van der Waals surface area contributed by atoms with Crippen molar-refractivity contribution in [3.8, 4) is 0 Å². The third kappa shape index (κ3) is 8.36. The summed E-state index contributed by atoms with van der Waals surface area (Å²) in [5.41, 5.74) is 0. The number of hydrogen-bond acceptors (Lipinski definition) is 3. The maximum absolute atomic E-state index is 5.32. The zero-order valence-electron chi connectivity index (χ0n) is 12.0. The molecule has 0 rings (SSSR count). The summed E-state index contributed by atoms with van der Waals surface area (Å²) in [5, 5.41) is 3.51. The van der Waals surface area contributed by atoms with E-state index in [9.17, 15) is 0 Å². The lowest BCUT2D eigenvalue weighted by Gasteiger charge is -2.30. The average molecular weight is 242 g/mol. The Hall–Kier alpha value is -0.380. The van der Waals surface area contributed by atoms with Crippen LogP contribution in [0.5, 0.6) is 0 Å². The highest BCUT2D eigenvalue weighted by atomic mass is 16.5. The molecule has 0 aromatic heterocycles. The van der Waals surface area contributed by atoms with E-state index in [1.54, 1.807) is 7.11 Å². The van der Waals surface area contributed by atoms with Crippen LogP contribution in [0.2, 0.25) is 0 Å². The zero-order chi connectivity index (χ0) is 13.1. The number of ether oxygens (including phenoxy) is 1. The summed E-state index contributed by atoms with van der Waals surface area (Å²) in [6.45, 7) is 15.4. The summed E-state index contributed by atoms with van der Waals surface area (Å²) in [7, 11) is 1.77. The van der Waals surface area contributed by atoms with Crippen molar-refractivity contribution in [2.24, 2.45) is 5.92 Å². The highest BCUT2D eigenvalue weighted by molar-refractivity contribution is 4.80. The van der Waals surface area contributed by atoms with Gasteiger partial charge in [0.1, 0.15) is 0 Å². The second kappa shape index (κ2) is 10.8. The predicted molar refractivity (Wildman–Crippen MR) is 75.4 cm³/mol. The molecule has 0 amide bonds. The molecule has 0 aliphatic heterocycles. The Kier molecular flexibility index (Phi) is 10.5. The first-order valence-corrected chi connectivity index (χ1v) is 6.70. The van der Waals surface area contributed by atoms with Crippen molar-refractivity contribution in [1.82, 2.24) is 10.2 Å². The van der Waals surface area contributed by atoms with Gasteiger partial charge in [-0.3, -0.25) is 4.90 Å². The monoisotopic (exact) mass is 242 g/mol. The molecule has 3 heteroatoms. The molecule has 0 aromatic rings. The minimum atomic E-state index is 0.441. The van der Waals surface area contributed by atoms with Crippen LogP contribution in [0.15, 0.2) is 12.7 Å². The molecule has 0 fully saturated rings. The molecule has 0 saturated carbocycles. The van der Waals surface area contributed by atoms with E-state index in [4.69, 9.17) is 4.74 Å². The lowest BCUT2D eigenvalue weighted by atomic mass is 10.2. The van der Waals surface area contributed by atoms with Crippen LogP contribution >= 0.6 is 0 Å². The number of rotatable bonds is 11. The molecule has 0 aliphatic rings. The molecule has 3 nitrogen and oxygen atoms in total. The van der Waals surface area contributed by atoms with E-state index in [1.165, 1.54) is 0 Å². The molecule has 0 aliphatic carbocycles. The summed E-state index contributed by atoms with van der Waals surface area (Å²) in [6, 6.07) is 0.441. The predicted octanol–water partition coefficient (Wildman–Crippen LogP) is 2.14. The van der Waals surface area contributed by atoms with Crippen LogP contribution in [-0.2, 0) is 4.74 Å². The minimum absolute atomic E-state index is 0.441. The Balaban J connectivity index is 4.17. The quantitative estimate of drug-likeness (QED) is 0.562. The van der Waals surface area contributed by atoms with Gasteiger partial charge in [0.15, 0.2) is 0 Å². The van der Waals surface area contributed by atoms with E-state index in [1.807, 2.05) is 6.08 Å². The topological polar surface area (TPSA) is 24.5 Å². The average Bonchev–Trinajstić information content (AvgIpc) is 2.27. The van der Waals surface area contributed by atoms with E-state index in [0.717, 1.165) is 39.2 Å². The van der Waals surface area contributed by atoms with Crippen LogP contribution in [0.1, 0.15) is 27.2 Å². The second-order valence-electron chi connectivity index (χ2n) is 4.94. The standard InChI is InChI=1S/C14H30N2O/c1-6-8-16(9-7-2)14(12-17-5)11-15-10-13(3)4/h6,13-15H,1,7-12H2,2-5H3. The number of hydrogen-bond donors (Lipinski definition) is 1. The Bertz CT molecular complexity index is 183. The summed E-state index contributed by atoms with van der Waals surface area (Å²) < 4.78 is 5.32. The molecule has 1 atom stereocenters. The molecule has 102 valence electrons. The molecule has 0 aromatic carbocycles. The van der Waals surface area contributed by atoms with Crippen molar-refractivity contribution < 1.29 is 4.74 Å². The minimum Gasteiger partial charge on any atom is -0.383 e. The van der Waals surface area contributed by atoms with Gasteiger partial charge in [-0.1, -0.05) is 26.8 Å². The van der Waals surface area contributed by atoms with Crippen molar-refractivity contribution >= 4 is 0 Å². The van der Waals surface area contributed by atoms with Gasteiger partial charge in [-0.05, 0) is 25.4 Å². The highest BCUT2D eigenvalue weighted by Gasteiger charge is 2.16. The van der Waals surface area contributed by atoms with Gasteiger partial charge in [0.25, 0.3) is 0 Å². The fourth-order valence-electron chi connectivity index (χ4n) is 1.90. The van der Waals surface area contributed by atoms with Crippen molar-refractivity contribution in [1.29, 1.82) is 0 Å². The van der Waals surface area contributed by atoms with Crippen molar-refractivity contribution in [2.75, 3.05) is 39.9 Å². The molecule has 0 radical (unpaired) electrons. The third-order valence-electron chi connectivity index (χ3n) is 2.68. The smallest absolute Gasteiger partial charge is 0.0630 e. The first-order chi connectivity index (χ1) is 8.15. The largest absolute Gasteiger partial charge is 0.383 e. The second-order valence-corrected chi connectivity index (χ2v) is 4.94. The molecule has 17 heavy (non-hydrogen) atoms. The first-order valence-electron chi connectivity index (χ1n) is 6.70. The maximum atomic E-state index is 5.32. The van der Waals surface area contributed by atoms with Crippen molar-refractivity contribution in [3.05, 3.63) is 12.7 Å². The molecule has 0 bridgehead atoms. The summed E-state index contributed by atoms with van der Waals surface area (Å²) in [6.07, 6.45) is 3.14. The number of nitrogens with zero attached hydrogens (tertiary/aromatic N) is 1. The molecule has 0 saturated heterocycles. The lowest BCUT2D eigenvalue weighted by molar-refractivity contribution is 0.0960. The lowest BCUT2D eigenvalue weighted by Crippen LogP contribution is -2.46. The maximum Gasteiger partial charge on any atom is 0.0630 e. The Morgan fingerprint density at radius 2 is 2.06 bits per heavy atom. The Labute approximate surface area is 107 Å². The van der Waals surface area contributed by atoms with Crippen LogP contribution in [0, 0.1) is 5.92 Å². The third-order valence-corrected chi connectivity index (χ3v) is 2.68. The van der Waals surface area contributed by atoms with Gasteiger partial charge in [0.2, 0.25) is 0 Å². The van der Waals surface area contributed by atoms with Crippen molar-refractivity contribution in [3.63, 3.8) is 0 Å². The fourth-order valence-corrected chi connectivity index (χ4v) is 1.90. The molecule has 1 N–H and O–H groups in total. The van der Waals surface area contributed by atoms with Gasteiger partial charge < -0.3 is 10.1 Å². The van der Waals surface area contributed by atoms with Crippen LogP contribution in [0.3, 0.4) is 0 Å². The van der Waals surface area contributed by atoms with Gasteiger partial charge in [0.05, 0.1) is 6.61 Å². The van der Waals surface area contributed by atoms with Gasteiger partial charge in [-0.2, -0.15) is 0 Å². The Morgan fingerprint density at radius 1 is 1.35 bits per heavy atom. The summed E-state index contributed by atoms with van der Waals surface area (Å²) >= 11 is 0. The fraction of sp³-hybridized carbons (Fsp3) is 0.857. The highest BCUT2D eigenvalue weighted by Crippen LogP contribution is 2.02. The molecule has 0 heterocycles. The van der Waals surface area contributed by atoms with Crippen LogP contribution in [0.4, 0.5) is 0 Å². The Morgan fingerprint density at radius 3 is 2.53 bits per heavy atom. The van der Waals surface area contributed by atoms with Gasteiger partial charge in [-0.15, -0.1) is 6.58 Å². The SMILES string of the molecule is C=CCN(CCC)C(CNCC(C)C)COC. The van der Waals surface area contributed by atoms with Crippen LogP contribution < -0.4 is 5.32 Å². The molecule has 1 unspecified atom stereocenters. The van der Waals surface area contributed by atoms with Crippen molar-refractivity contribution in [2.45, 2.75) is 33.2 Å². The summed E-state index contributed by atoms with van der Waals surface area (Å²) in [4.78, 5) is 2.43.